The maximum absolute atomic E-state index is 13.4. The molecular formula is C29H31FN4O5. The number of amides is 2. The Morgan fingerprint density at radius 3 is 2.38 bits per heavy atom. The fourth-order valence-corrected chi connectivity index (χ4v) is 4.87. The van der Waals surface area contributed by atoms with Crippen molar-refractivity contribution < 1.29 is 23.6 Å². The average molecular weight is 535 g/mol. The lowest BCUT2D eigenvalue weighted by Gasteiger charge is -2.33. The Labute approximate surface area is 226 Å². The number of rotatable bonds is 8. The van der Waals surface area contributed by atoms with Gasteiger partial charge in [-0.2, -0.15) is 0 Å². The second-order valence-electron chi connectivity index (χ2n) is 9.72. The average Bonchev–Trinajstić information content (AvgIpc) is 2.93. The number of nitrogens with one attached hydrogen (secondary N) is 1. The van der Waals surface area contributed by atoms with Crippen LogP contribution >= 0.6 is 0 Å². The topological polar surface area (TPSA) is 105 Å². The molecule has 10 heteroatoms. The van der Waals surface area contributed by atoms with E-state index < -0.39 is 10.7 Å². The molecule has 0 aromatic heterocycles. The lowest BCUT2D eigenvalue weighted by Crippen LogP contribution is -2.38. The predicted molar refractivity (Wildman–Crippen MR) is 147 cm³/mol. The molecular weight excluding hydrogens is 503 g/mol. The number of halogens is 1. The normalized spacial score (nSPS) is 13.6. The van der Waals surface area contributed by atoms with Gasteiger partial charge in [-0.1, -0.05) is 18.2 Å². The summed E-state index contributed by atoms with van der Waals surface area (Å²) in [7, 11) is 5.04. The van der Waals surface area contributed by atoms with E-state index in [9.17, 15) is 24.1 Å². The molecule has 1 fully saturated rings. The molecule has 0 unspecified atom stereocenters. The molecule has 3 aromatic rings. The Morgan fingerprint density at radius 1 is 1.08 bits per heavy atom. The van der Waals surface area contributed by atoms with Crippen LogP contribution in [0.4, 0.5) is 21.5 Å². The number of ether oxygens (including phenoxy) is 1. The molecule has 4 rings (SSSR count). The summed E-state index contributed by atoms with van der Waals surface area (Å²) in [5.41, 5.74) is 3.22. The van der Waals surface area contributed by atoms with Gasteiger partial charge in [0.15, 0.2) is 0 Å². The molecule has 0 saturated carbocycles. The second-order valence-corrected chi connectivity index (χ2v) is 9.72. The van der Waals surface area contributed by atoms with Gasteiger partial charge < -0.3 is 19.9 Å². The fourth-order valence-electron chi connectivity index (χ4n) is 4.87. The zero-order chi connectivity index (χ0) is 28.1. The molecule has 1 heterocycles. The van der Waals surface area contributed by atoms with E-state index in [4.69, 9.17) is 4.74 Å². The van der Waals surface area contributed by atoms with Gasteiger partial charge in [-0.15, -0.1) is 0 Å². The van der Waals surface area contributed by atoms with Crippen molar-refractivity contribution in [3.63, 3.8) is 0 Å². The van der Waals surface area contributed by atoms with Crippen molar-refractivity contribution in [3.05, 3.63) is 93.3 Å². The molecule has 0 spiro atoms. The van der Waals surface area contributed by atoms with Crippen LogP contribution in [0.5, 0.6) is 5.75 Å². The minimum absolute atomic E-state index is 0.0534. The molecule has 1 saturated heterocycles. The SMILES string of the molecule is COc1cc(F)ccc1CC(=O)Nc1ccc(C2CCN(C(=O)c3cc([N+](=O)[O-])ccc3N(C)C)CC2)cc1. The summed E-state index contributed by atoms with van der Waals surface area (Å²) in [6.45, 7) is 1.08. The van der Waals surface area contributed by atoms with E-state index in [1.165, 1.54) is 37.4 Å². The molecule has 1 aliphatic rings. The smallest absolute Gasteiger partial charge is 0.270 e. The molecule has 2 amide bonds. The van der Waals surface area contributed by atoms with Gasteiger partial charge in [0.25, 0.3) is 11.6 Å². The maximum Gasteiger partial charge on any atom is 0.270 e. The monoisotopic (exact) mass is 534 g/mol. The number of likely N-dealkylation sites (tertiary alicyclic amines) is 1. The number of non-ortho nitro benzene ring substituents is 1. The summed E-state index contributed by atoms with van der Waals surface area (Å²) in [4.78, 5) is 40.1. The third kappa shape index (κ3) is 6.51. The van der Waals surface area contributed by atoms with Crippen LogP contribution in [-0.2, 0) is 11.2 Å². The fraction of sp³-hybridized carbons (Fsp3) is 0.310. The van der Waals surface area contributed by atoms with Gasteiger partial charge in [-0.25, -0.2) is 4.39 Å². The van der Waals surface area contributed by atoms with Crippen molar-refractivity contribution in [2.24, 2.45) is 0 Å². The van der Waals surface area contributed by atoms with Gasteiger partial charge in [0.05, 0.1) is 24.0 Å². The Bertz CT molecular complexity index is 1370. The van der Waals surface area contributed by atoms with Crippen molar-refractivity contribution in [3.8, 4) is 5.75 Å². The van der Waals surface area contributed by atoms with E-state index >= 15 is 0 Å². The van der Waals surface area contributed by atoms with Crippen LogP contribution in [0.15, 0.2) is 60.7 Å². The van der Waals surface area contributed by atoms with E-state index in [1.54, 1.807) is 30.0 Å². The van der Waals surface area contributed by atoms with Crippen molar-refractivity contribution >= 4 is 28.9 Å². The van der Waals surface area contributed by atoms with Gasteiger partial charge in [-0.05, 0) is 48.6 Å². The largest absolute Gasteiger partial charge is 0.496 e. The predicted octanol–water partition coefficient (Wildman–Crippen LogP) is 5.01. The third-order valence-electron chi connectivity index (χ3n) is 6.95. The first-order valence-electron chi connectivity index (χ1n) is 12.6. The highest BCUT2D eigenvalue weighted by Gasteiger charge is 2.27. The first-order valence-corrected chi connectivity index (χ1v) is 12.6. The number of nitro benzene ring substituents is 1. The molecule has 1 N–H and O–H groups in total. The zero-order valence-corrected chi connectivity index (χ0v) is 22.1. The quantitative estimate of drug-likeness (QED) is 0.322. The minimum Gasteiger partial charge on any atom is -0.496 e. The highest BCUT2D eigenvalue weighted by atomic mass is 19.1. The summed E-state index contributed by atoms with van der Waals surface area (Å²) in [6.07, 6.45) is 1.57. The number of hydrogen-bond donors (Lipinski definition) is 1. The number of anilines is 2. The molecule has 204 valence electrons. The van der Waals surface area contributed by atoms with Gasteiger partial charge in [-0.3, -0.25) is 19.7 Å². The molecule has 39 heavy (non-hydrogen) atoms. The molecule has 0 bridgehead atoms. The van der Waals surface area contributed by atoms with Gasteiger partial charge in [0.1, 0.15) is 11.6 Å². The lowest BCUT2D eigenvalue weighted by molar-refractivity contribution is -0.384. The summed E-state index contributed by atoms with van der Waals surface area (Å²) >= 11 is 0. The van der Waals surface area contributed by atoms with E-state index in [0.29, 0.717) is 41.3 Å². The minimum atomic E-state index is -0.492. The Kier molecular flexibility index (Phi) is 8.43. The lowest BCUT2D eigenvalue weighted by atomic mass is 9.89. The highest BCUT2D eigenvalue weighted by Crippen LogP contribution is 2.32. The van der Waals surface area contributed by atoms with Gasteiger partial charge in [0.2, 0.25) is 5.91 Å². The summed E-state index contributed by atoms with van der Waals surface area (Å²) in [6, 6.07) is 16.1. The standard InChI is InChI=1S/C29H31FN4O5/c1-32(2)26-11-10-24(34(37)38)18-25(26)29(36)33-14-12-20(13-15-33)19-5-8-23(9-6-19)31-28(35)16-21-4-7-22(30)17-27(21)39-3/h4-11,17-18,20H,12-16H2,1-3H3,(H,31,35). The van der Waals surface area contributed by atoms with Crippen molar-refractivity contribution in [1.82, 2.24) is 4.90 Å². The van der Waals surface area contributed by atoms with Crippen LogP contribution in [-0.4, -0.2) is 55.9 Å². The number of methoxy groups -OCH3 is 1. The van der Waals surface area contributed by atoms with Crippen LogP contribution in [0.2, 0.25) is 0 Å². The first kappa shape index (κ1) is 27.6. The molecule has 0 aliphatic carbocycles. The van der Waals surface area contributed by atoms with Crippen LogP contribution in [0.3, 0.4) is 0 Å². The number of carbonyl (C=O) groups is 2. The third-order valence-corrected chi connectivity index (χ3v) is 6.95. The molecule has 3 aromatic carbocycles. The summed E-state index contributed by atoms with van der Waals surface area (Å²) < 4.78 is 18.6. The van der Waals surface area contributed by atoms with Crippen molar-refractivity contribution in [2.45, 2.75) is 25.2 Å². The van der Waals surface area contributed by atoms with Gasteiger partial charge >= 0.3 is 0 Å². The Hall–Kier alpha value is -4.47. The molecule has 0 radical (unpaired) electrons. The zero-order valence-electron chi connectivity index (χ0n) is 22.1. The van der Waals surface area contributed by atoms with Crippen LogP contribution in [0.1, 0.15) is 40.2 Å². The van der Waals surface area contributed by atoms with E-state index in [1.807, 2.05) is 24.3 Å². The summed E-state index contributed by atoms with van der Waals surface area (Å²) in [5, 5.41) is 14.1. The van der Waals surface area contributed by atoms with E-state index in [0.717, 1.165) is 18.4 Å². The Balaban J connectivity index is 1.35. The molecule has 9 nitrogen and oxygen atoms in total. The summed E-state index contributed by atoms with van der Waals surface area (Å²) in [5.74, 6) is -0.298. The van der Waals surface area contributed by atoms with Crippen LogP contribution < -0.4 is 15.0 Å². The van der Waals surface area contributed by atoms with Gasteiger partial charge in [0, 0.05) is 62.3 Å². The number of piperidine rings is 1. The molecule has 1 aliphatic heterocycles. The number of benzene rings is 3. The number of carbonyl (C=O) groups excluding carboxylic acids is 2. The van der Waals surface area contributed by atoms with Crippen molar-refractivity contribution in [1.29, 1.82) is 0 Å². The van der Waals surface area contributed by atoms with E-state index in [2.05, 4.69) is 5.32 Å². The highest BCUT2D eigenvalue weighted by molar-refractivity contribution is 6.00. The van der Waals surface area contributed by atoms with Crippen molar-refractivity contribution in [2.75, 3.05) is 44.5 Å². The van der Waals surface area contributed by atoms with Crippen LogP contribution in [0, 0.1) is 15.9 Å². The second kappa shape index (κ2) is 11.9. The number of nitro groups is 1. The van der Waals surface area contributed by atoms with Crippen LogP contribution in [0.25, 0.3) is 0 Å². The first-order chi connectivity index (χ1) is 18.7. The maximum atomic E-state index is 13.4. The number of hydrogen-bond acceptors (Lipinski definition) is 6. The Morgan fingerprint density at radius 2 is 1.77 bits per heavy atom. The number of nitrogens with zero attached hydrogens (tertiary/aromatic N) is 3. The van der Waals surface area contributed by atoms with E-state index in [-0.39, 0.29) is 29.8 Å². The molecule has 0 atom stereocenters.